The minimum Gasteiger partial charge on any atom is -0.382 e. The van der Waals surface area contributed by atoms with Gasteiger partial charge in [-0.1, -0.05) is 29.8 Å². The van der Waals surface area contributed by atoms with Gasteiger partial charge in [-0.3, -0.25) is 5.41 Å². The van der Waals surface area contributed by atoms with Gasteiger partial charge in [0.2, 0.25) is 5.95 Å². The van der Waals surface area contributed by atoms with E-state index in [-0.39, 0.29) is 5.84 Å². The molecule has 0 unspecified atom stereocenters. The summed E-state index contributed by atoms with van der Waals surface area (Å²) in [7, 11) is 1.92. The number of anilines is 1. The molecule has 1 heterocycles. The van der Waals surface area contributed by atoms with Crippen LogP contribution in [-0.4, -0.2) is 22.9 Å². The second-order valence-corrected chi connectivity index (χ2v) is 4.50. The normalized spacial score (nSPS) is 10.2. The Balaban J connectivity index is 2.18. The second-order valence-electron chi connectivity index (χ2n) is 4.50. The van der Waals surface area contributed by atoms with Crippen molar-refractivity contribution < 1.29 is 0 Å². The van der Waals surface area contributed by atoms with Gasteiger partial charge in [0.25, 0.3) is 0 Å². The standard InChI is InChI=1S/C14H17N5/c1-10-4-3-5-11(8-10)9-19(2)14-17-7-6-12(18-14)13(15)16/h3-8H,9H2,1-2H3,(H3,15,16). The van der Waals surface area contributed by atoms with Gasteiger partial charge in [-0.2, -0.15) is 0 Å². The molecular weight excluding hydrogens is 238 g/mol. The Morgan fingerprint density at radius 3 is 2.84 bits per heavy atom. The molecule has 0 aliphatic heterocycles. The molecule has 5 nitrogen and oxygen atoms in total. The van der Waals surface area contributed by atoms with Crippen LogP contribution in [0.2, 0.25) is 0 Å². The Kier molecular flexibility index (Phi) is 3.75. The average Bonchev–Trinajstić information content (AvgIpc) is 2.39. The Bertz CT molecular complexity index is 594. The third-order valence-electron chi connectivity index (χ3n) is 2.76. The van der Waals surface area contributed by atoms with Crippen LogP contribution in [0.1, 0.15) is 16.8 Å². The number of nitrogens with zero attached hydrogens (tertiary/aromatic N) is 3. The molecule has 0 radical (unpaired) electrons. The highest BCUT2D eigenvalue weighted by Gasteiger charge is 2.07. The SMILES string of the molecule is Cc1cccc(CN(C)c2nccc(C(=N)N)n2)c1. The third kappa shape index (κ3) is 3.28. The summed E-state index contributed by atoms with van der Waals surface area (Å²) in [6.45, 7) is 2.78. The summed E-state index contributed by atoms with van der Waals surface area (Å²) in [5, 5.41) is 7.39. The van der Waals surface area contributed by atoms with Crippen molar-refractivity contribution in [2.24, 2.45) is 5.73 Å². The summed E-state index contributed by atoms with van der Waals surface area (Å²) < 4.78 is 0. The molecule has 0 aliphatic carbocycles. The Labute approximate surface area is 112 Å². The van der Waals surface area contributed by atoms with E-state index in [0.717, 1.165) is 0 Å². The van der Waals surface area contributed by atoms with Crippen LogP contribution in [0.4, 0.5) is 5.95 Å². The molecule has 0 atom stereocenters. The van der Waals surface area contributed by atoms with Gasteiger partial charge in [0, 0.05) is 19.8 Å². The van der Waals surface area contributed by atoms with Crippen LogP contribution >= 0.6 is 0 Å². The predicted octanol–water partition coefficient (Wildman–Crippen LogP) is 1.71. The van der Waals surface area contributed by atoms with E-state index in [4.69, 9.17) is 11.1 Å². The van der Waals surface area contributed by atoms with Crippen molar-refractivity contribution in [1.29, 1.82) is 5.41 Å². The van der Waals surface area contributed by atoms with E-state index in [0.29, 0.717) is 18.2 Å². The molecular formula is C14H17N5. The molecule has 2 aromatic rings. The fraction of sp³-hybridized carbons (Fsp3) is 0.214. The zero-order valence-electron chi connectivity index (χ0n) is 11.1. The molecule has 1 aromatic heterocycles. The van der Waals surface area contributed by atoms with Crippen LogP contribution in [0.3, 0.4) is 0 Å². The average molecular weight is 255 g/mol. The summed E-state index contributed by atoms with van der Waals surface area (Å²) >= 11 is 0. The van der Waals surface area contributed by atoms with Gasteiger partial charge in [-0.25, -0.2) is 9.97 Å². The number of rotatable bonds is 4. The summed E-state index contributed by atoms with van der Waals surface area (Å²) in [6.07, 6.45) is 1.62. The van der Waals surface area contributed by atoms with Crippen molar-refractivity contribution >= 4 is 11.8 Å². The Morgan fingerprint density at radius 2 is 2.16 bits per heavy atom. The molecule has 0 saturated carbocycles. The molecule has 0 spiro atoms. The first-order valence-electron chi connectivity index (χ1n) is 6.00. The summed E-state index contributed by atoms with van der Waals surface area (Å²) in [5.41, 5.74) is 8.30. The molecule has 1 aromatic carbocycles. The maximum absolute atomic E-state index is 7.39. The number of nitrogens with two attached hydrogens (primary N) is 1. The molecule has 2 rings (SSSR count). The summed E-state index contributed by atoms with van der Waals surface area (Å²) in [4.78, 5) is 10.4. The number of aromatic nitrogens is 2. The van der Waals surface area contributed by atoms with Crippen LogP contribution < -0.4 is 10.6 Å². The lowest BCUT2D eigenvalue weighted by atomic mass is 10.1. The molecule has 19 heavy (non-hydrogen) atoms. The lowest BCUT2D eigenvalue weighted by Gasteiger charge is -2.17. The molecule has 0 fully saturated rings. The zero-order chi connectivity index (χ0) is 13.8. The van der Waals surface area contributed by atoms with Gasteiger partial charge in [-0.05, 0) is 18.6 Å². The number of nitrogen functional groups attached to an aromatic ring is 1. The Hall–Kier alpha value is -2.43. The van der Waals surface area contributed by atoms with Crippen LogP contribution in [0.15, 0.2) is 36.5 Å². The van der Waals surface area contributed by atoms with Crippen molar-refractivity contribution in [2.45, 2.75) is 13.5 Å². The highest BCUT2D eigenvalue weighted by molar-refractivity contribution is 5.93. The van der Waals surface area contributed by atoms with E-state index in [2.05, 4.69) is 35.1 Å². The van der Waals surface area contributed by atoms with E-state index in [1.165, 1.54) is 11.1 Å². The fourth-order valence-electron chi connectivity index (χ4n) is 1.84. The van der Waals surface area contributed by atoms with Gasteiger partial charge in [-0.15, -0.1) is 0 Å². The van der Waals surface area contributed by atoms with Crippen LogP contribution in [0.25, 0.3) is 0 Å². The van der Waals surface area contributed by atoms with Crippen LogP contribution in [0, 0.1) is 12.3 Å². The predicted molar refractivity (Wildman–Crippen MR) is 76.3 cm³/mol. The molecule has 0 aliphatic rings. The minimum atomic E-state index is -0.0485. The lowest BCUT2D eigenvalue weighted by Crippen LogP contribution is -2.21. The van der Waals surface area contributed by atoms with E-state index in [9.17, 15) is 0 Å². The molecule has 0 saturated heterocycles. The second kappa shape index (κ2) is 5.48. The van der Waals surface area contributed by atoms with E-state index in [1.54, 1.807) is 12.3 Å². The molecule has 3 N–H and O–H groups in total. The van der Waals surface area contributed by atoms with Crippen molar-refractivity contribution in [3.05, 3.63) is 53.3 Å². The maximum atomic E-state index is 7.39. The monoisotopic (exact) mass is 255 g/mol. The summed E-state index contributed by atoms with van der Waals surface area (Å²) in [5.74, 6) is 0.516. The first-order valence-corrected chi connectivity index (χ1v) is 6.00. The van der Waals surface area contributed by atoms with E-state index >= 15 is 0 Å². The molecule has 98 valence electrons. The number of nitrogens with one attached hydrogen (secondary N) is 1. The van der Waals surface area contributed by atoms with Crippen molar-refractivity contribution in [3.8, 4) is 0 Å². The van der Waals surface area contributed by atoms with Crippen molar-refractivity contribution in [3.63, 3.8) is 0 Å². The van der Waals surface area contributed by atoms with Gasteiger partial charge in [0.1, 0.15) is 11.5 Å². The van der Waals surface area contributed by atoms with Gasteiger partial charge >= 0.3 is 0 Å². The zero-order valence-corrected chi connectivity index (χ0v) is 11.1. The number of amidine groups is 1. The lowest BCUT2D eigenvalue weighted by molar-refractivity contribution is 0.863. The highest BCUT2D eigenvalue weighted by Crippen LogP contribution is 2.11. The minimum absolute atomic E-state index is 0.0485. The quantitative estimate of drug-likeness (QED) is 0.644. The van der Waals surface area contributed by atoms with Crippen molar-refractivity contribution in [2.75, 3.05) is 11.9 Å². The maximum Gasteiger partial charge on any atom is 0.226 e. The number of hydrogen-bond donors (Lipinski definition) is 2. The first kappa shape index (κ1) is 13.0. The smallest absolute Gasteiger partial charge is 0.226 e. The van der Waals surface area contributed by atoms with Gasteiger partial charge in [0.15, 0.2) is 0 Å². The van der Waals surface area contributed by atoms with Crippen LogP contribution in [-0.2, 0) is 6.54 Å². The van der Waals surface area contributed by atoms with Gasteiger partial charge in [0.05, 0.1) is 0 Å². The summed E-state index contributed by atoms with van der Waals surface area (Å²) in [6, 6.07) is 9.93. The molecule has 0 amide bonds. The van der Waals surface area contributed by atoms with E-state index < -0.39 is 0 Å². The molecule has 0 bridgehead atoms. The van der Waals surface area contributed by atoms with Crippen molar-refractivity contribution in [1.82, 2.24) is 9.97 Å². The van der Waals surface area contributed by atoms with Crippen LogP contribution in [0.5, 0.6) is 0 Å². The fourth-order valence-corrected chi connectivity index (χ4v) is 1.84. The number of benzene rings is 1. The number of hydrogen-bond acceptors (Lipinski definition) is 4. The first-order chi connectivity index (χ1) is 9.06. The highest BCUT2D eigenvalue weighted by atomic mass is 15.2. The van der Waals surface area contributed by atoms with Gasteiger partial charge < -0.3 is 10.6 Å². The largest absolute Gasteiger partial charge is 0.382 e. The molecule has 5 heteroatoms. The Morgan fingerprint density at radius 1 is 1.37 bits per heavy atom. The van der Waals surface area contributed by atoms with E-state index in [1.807, 2.05) is 18.0 Å². The number of aryl methyl sites for hydroxylation is 1. The third-order valence-corrected chi connectivity index (χ3v) is 2.76. The topological polar surface area (TPSA) is 78.9 Å².